The molecule has 0 saturated carbocycles. The first-order valence-electron chi connectivity index (χ1n) is 12.8. The van der Waals surface area contributed by atoms with Crippen molar-refractivity contribution in [3.8, 4) is 11.5 Å². The Kier molecular flexibility index (Phi) is 9.85. The van der Waals surface area contributed by atoms with Crippen LogP contribution in [0.2, 0.25) is 0 Å². The molecular formula is C30H36BrN3O3. The summed E-state index contributed by atoms with van der Waals surface area (Å²) in [4.78, 5) is 18.0. The summed E-state index contributed by atoms with van der Waals surface area (Å²) in [6.45, 7) is 4.84. The molecule has 0 radical (unpaired) electrons. The Bertz CT molecular complexity index is 1170. The second-order valence-electron chi connectivity index (χ2n) is 9.35. The molecule has 0 atom stereocenters. The molecule has 0 fully saturated rings. The number of aryl methyl sites for hydroxylation is 1. The van der Waals surface area contributed by atoms with E-state index >= 15 is 0 Å². The number of nitrogens with zero attached hydrogens (tertiary/aromatic N) is 2. The molecule has 37 heavy (non-hydrogen) atoms. The summed E-state index contributed by atoms with van der Waals surface area (Å²) >= 11 is 3.61. The third-order valence-corrected chi connectivity index (χ3v) is 7.25. The lowest BCUT2D eigenvalue weighted by atomic mass is 10.1. The van der Waals surface area contributed by atoms with Crippen molar-refractivity contribution in [3.05, 3.63) is 87.9 Å². The Morgan fingerprint density at radius 3 is 2.51 bits per heavy atom. The fourth-order valence-corrected chi connectivity index (χ4v) is 5.12. The molecule has 1 heterocycles. The van der Waals surface area contributed by atoms with Crippen molar-refractivity contribution in [1.29, 1.82) is 0 Å². The number of hydrogen-bond acceptors (Lipinski definition) is 5. The van der Waals surface area contributed by atoms with E-state index < -0.39 is 0 Å². The fourth-order valence-electron chi connectivity index (χ4n) is 4.71. The van der Waals surface area contributed by atoms with Gasteiger partial charge in [-0.1, -0.05) is 52.3 Å². The van der Waals surface area contributed by atoms with Crippen LogP contribution in [0.1, 0.15) is 29.5 Å². The molecule has 0 unspecified atom stereocenters. The molecule has 7 heteroatoms. The van der Waals surface area contributed by atoms with E-state index in [1.807, 2.05) is 23.1 Å². The molecule has 0 spiro atoms. The maximum absolute atomic E-state index is 13.6. The van der Waals surface area contributed by atoms with E-state index in [-0.39, 0.29) is 5.91 Å². The van der Waals surface area contributed by atoms with E-state index in [4.69, 9.17) is 9.47 Å². The van der Waals surface area contributed by atoms with E-state index in [0.717, 1.165) is 53.9 Å². The van der Waals surface area contributed by atoms with Gasteiger partial charge in [0.1, 0.15) is 0 Å². The van der Waals surface area contributed by atoms with Crippen LogP contribution < -0.4 is 14.8 Å². The maximum atomic E-state index is 13.6. The molecule has 0 bridgehead atoms. The molecule has 196 valence electrons. The number of carbonyl (C=O) groups excluding carboxylic acids is 1. The van der Waals surface area contributed by atoms with Crippen LogP contribution in [0, 0.1) is 0 Å². The fraction of sp³-hybridized carbons (Fsp3) is 0.367. The minimum absolute atomic E-state index is 0.152. The molecule has 0 aromatic heterocycles. The van der Waals surface area contributed by atoms with Crippen molar-refractivity contribution in [2.24, 2.45) is 0 Å². The number of hydrogen-bond donors (Lipinski definition) is 1. The summed E-state index contributed by atoms with van der Waals surface area (Å²) in [7, 11) is 3.26. The second kappa shape index (κ2) is 13.5. The Morgan fingerprint density at radius 1 is 0.919 bits per heavy atom. The number of fused-ring (bicyclic) bond motifs is 1. The number of methoxy groups -OCH3 is 2. The minimum atomic E-state index is 0.152. The number of halogens is 1. The zero-order chi connectivity index (χ0) is 26.0. The lowest BCUT2D eigenvalue weighted by Crippen LogP contribution is -2.38. The Labute approximate surface area is 228 Å². The van der Waals surface area contributed by atoms with E-state index in [0.29, 0.717) is 37.4 Å². The zero-order valence-electron chi connectivity index (χ0n) is 21.7. The van der Waals surface area contributed by atoms with Crippen LogP contribution in [0.5, 0.6) is 11.5 Å². The molecular weight excluding hydrogens is 530 g/mol. The summed E-state index contributed by atoms with van der Waals surface area (Å²) in [5, 5.41) is 3.60. The highest BCUT2D eigenvalue weighted by molar-refractivity contribution is 9.10. The van der Waals surface area contributed by atoms with Gasteiger partial charge in [0, 0.05) is 55.8 Å². The van der Waals surface area contributed by atoms with Crippen molar-refractivity contribution < 1.29 is 14.3 Å². The minimum Gasteiger partial charge on any atom is -0.493 e. The van der Waals surface area contributed by atoms with Crippen LogP contribution >= 0.6 is 15.9 Å². The van der Waals surface area contributed by atoms with Crippen molar-refractivity contribution in [2.75, 3.05) is 45.7 Å². The van der Waals surface area contributed by atoms with Crippen LogP contribution in [0.3, 0.4) is 0 Å². The first-order chi connectivity index (χ1) is 18.1. The molecule has 1 aliphatic heterocycles. The van der Waals surface area contributed by atoms with Gasteiger partial charge < -0.3 is 19.7 Å². The molecule has 0 saturated heterocycles. The van der Waals surface area contributed by atoms with Gasteiger partial charge in [0.15, 0.2) is 11.5 Å². The summed E-state index contributed by atoms with van der Waals surface area (Å²) in [6, 6.07) is 22.7. The molecule has 1 aliphatic rings. The Morgan fingerprint density at radius 2 is 1.73 bits per heavy atom. The largest absolute Gasteiger partial charge is 0.493 e. The monoisotopic (exact) mass is 565 g/mol. The number of benzene rings is 3. The van der Waals surface area contributed by atoms with Crippen LogP contribution in [-0.2, 0) is 24.3 Å². The van der Waals surface area contributed by atoms with Crippen LogP contribution in [0.25, 0.3) is 0 Å². The van der Waals surface area contributed by atoms with Crippen molar-refractivity contribution in [3.63, 3.8) is 0 Å². The molecule has 0 aliphatic carbocycles. The quantitative estimate of drug-likeness (QED) is 0.395. The third kappa shape index (κ3) is 7.73. The van der Waals surface area contributed by atoms with Gasteiger partial charge in [-0.3, -0.25) is 9.69 Å². The molecule has 3 aromatic carbocycles. The highest BCUT2D eigenvalue weighted by atomic mass is 79.9. The lowest BCUT2D eigenvalue weighted by molar-refractivity contribution is -0.132. The van der Waals surface area contributed by atoms with Crippen LogP contribution in [-0.4, -0.2) is 56.1 Å². The lowest BCUT2D eigenvalue weighted by Gasteiger charge is -2.28. The Balaban J connectivity index is 1.50. The number of ether oxygens (including phenoxy) is 2. The maximum Gasteiger partial charge on any atom is 0.223 e. The SMILES string of the molecule is COc1ccc(CCC(=O)N2CCN(Cc3ccccc3)CCCNc3ccc(Br)cc3C2)cc1OC. The van der Waals surface area contributed by atoms with Crippen molar-refractivity contribution in [1.82, 2.24) is 9.80 Å². The van der Waals surface area contributed by atoms with Gasteiger partial charge in [-0.15, -0.1) is 0 Å². The highest BCUT2D eigenvalue weighted by Gasteiger charge is 2.19. The average Bonchev–Trinajstić information content (AvgIpc) is 2.96. The predicted molar refractivity (Wildman–Crippen MR) is 152 cm³/mol. The van der Waals surface area contributed by atoms with E-state index in [9.17, 15) is 4.79 Å². The van der Waals surface area contributed by atoms with Crippen LogP contribution in [0.15, 0.2) is 71.2 Å². The van der Waals surface area contributed by atoms with Gasteiger partial charge >= 0.3 is 0 Å². The van der Waals surface area contributed by atoms with Crippen molar-refractivity contribution in [2.45, 2.75) is 32.4 Å². The normalized spacial score (nSPS) is 14.7. The third-order valence-electron chi connectivity index (χ3n) is 6.76. The number of rotatable bonds is 7. The highest BCUT2D eigenvalue weighted by Crippen LogP contribution is 2.28. The molecule has 3 aromatic rings. The van der Waals surface area contributed by atoms with Gasteiger partial charge in [-0.2, -0.15) is 0 Å². The topological polar surface area (TPSA) is 54.0 Å². The number of anilines is 1. The summed E-state index contributed by atoms with van der Waals surface area (Å²) in [5.41, 5.74) is 4.58. The summed E-state index contributed by atoms with van der Waals surface area (Å²) in [6.07, 6.45) is 2.12. The van der Waals surface area contributed by atoms with E-state index in [1.54, 1.807) is 14.2 Å². The molecule has 4 rings (SSSR count). The van der Waals surface area contributed by atoms with E-state index in [2.05, 4.69) is 74.7 Å². The second-order valence-corrected chi connectivity index (χ2v) is 10.3. The standard InChI is InChI=1S/C30H36BrN3O3/c1-36-28-13-9-23(19-29(28)37-2)10-14-30(35)34-18-17-33(21-24-7-4-3-5-8-24)16-6-15-32-27-12-11-26(31)20-25(27)22-34/h3-5,7-9,11-13,19-20,32H,6,10,14-18,21-22H2,1-2H3. The number of carbonyl (C=O) groups is 1. The molecule has 1 amide bonds. The zero-order valence-corrected chi connectivity index (χ0v) is 23.3. The average molecular weight is 567 g/mol. The Hall–Kier alpha value is -3.03. The van der Waals surface area contributed by atoms with Gasteiger partial charge in [0.05, 0.1) is 14.2 Å². The molecule has 6 nitrogen and oxygen atoms in total. The first kappa shape index (κ1) is 27.0. The first-order valence-corrected chi connectivity index (χ1v) is 13.6. The van der Waals surface area contributed by atoms with Gasteiger partial charge in [0.25, 0.3) is 0 Å². The number of amides is 1. The molecule has 1 N–H and O–H groups in total. The van der Waals surface area contributed by atoms with Crippen LogP contribution in [0.4, 0.5) is 5.69 Å². The van der Waals surface area contributed by atoms with Gasteiger partial charge in [-0.05, 0) is 59.9 Å². The number of nitrogens with one attached hydrogen (secondary N) is 1. The smallest absolute Gasteiger partial charge is 0.223 e. The summed E-state index contributed by atoms with van der Waals surface area (Å²) in [5.74, 6) is 1.53. The van der Waals surface area contributed by atoms with E-state index in [1.165, 1.54) is 5.56 Å². The van der Waals surface area contributed by atoms with Gasteiger partial charge in [-0.25, -0.2) is 0 Å². The van der Waals surface area contributed by atoms with Gasteiger partial charge in [0.2, 0.25) is 5.91 Å². The van der Waals surface area contributed by atoms with Crippen molar-refractivity contribution >= 4 is 27.5 Å². The predicted octanol–water partition coefficient (Wildman–Crippen LogP) is 5.75. The summed E-state index contributed by atoms with van der Waals surface area (Å²) < 4.78 is 11.8.